The maximum Gasteiger partial charge on any atom is 0.245 e. The molecule has 0 spiro atoms. The van der Waals surface area contributed by atoms with Crippen molar-refractivity contribution in [3.8, 4) is 11.5 Å². The van der Waals surface area contributed by atoms with Gasteiger partial charge in [-0.15, -0.1) is 6.58 Å². The second-order valence-electron chi connectivity index (χ2n) is 14.2. The number of aliphatic hydroxyl groups excluding tert-OH is 2. The number of fused-ring (bicyclic) bond motifs is 3. The van der Waals surface area contributed by atoms with Gasteiger partial charge in [-0.25, -0.2) is 8.42 Å². The molecule has 1 aliphatic heterocycles. The number of para-hydroxylation sites is 1. The highest BCUT2D eigenvalue weighted by molar-refractivity contribution is 7.89. The number of pyridine rings is 1. The van der Waals surface area contributed by atoms with E-state index in [1.54, 1.807) is 48.7 Å². The third kappa shape index (κ3) is 7.49. The summed E-state index contributed by atoms with van der Waals surface area (Å²) in [7, 11) is -4.23. The molecule has 286 valence electrons. The number of oxime groups is 1. The topological polar surface area (TPSA) is 151 Å². The lowest BCUT2D eigenvalue weighted by molar-refractivity contribution is -0.251. The first-order valence-corrected chi connectivity index (χ1v) is 20.4. The maximum absolute atomic E-state index is 15.2. The van der Waals surface area contributed by atoms with Crippen LogP contribution in [-0.4, -0.2) is 83.5 Å². The van der Waals surface area contributed by atoms with E-state index in [1.807, 2.05) is 26.0 Å². The summed E-state index contributed by atoms with van der Waals surface area (Å²) in [5.41, 5.74) is 2.71. The summed E-state index contributed by atoms with van der Waals surface area (Å²) in [6.45, 7) is 8.52. The van der Waals surface area contributed by atoms with Crippen molar-refractivity contribution >= 4 is 26.6 Å². The van der Waals surface area contributed by atoms with Crippen molar-refractivity contribution in [2.45, 2.75) is 87.9 Å². The number of allylic oxidation sites excluding steroid dienone is 1. The summed E-state index contributed by atoms with van der Waals surface area (Å²) >= 11 is 0. The van der Waals surface area contributed by atoms with Crippen LogP contribution in [0.2, 0.25) is 0 Å². The monoisotopic (exact) mass is 747 g/mol. The first kappa shape index (κ1) is 38.9. The van der Waals surface area contributed by atoms with Gasteiger partial charge in [0.05, 0.1) is 29.8 Å². The van der Waals surface area contributed by atoms with E-state index in [4.69, 9.17) is 14.3 Å². The van der Waals surface area contributed by atoms with Gasteiger partial charge in [-0.2, -0.15) is 4.31 Å². The van der Waals surface area contributed by atoms with Gasteiger partial charge in [0.25, 0.3) is 0 Å². The average molecular weight is 748 g/mol. The van der Waals surface area contributed by atoms with Crippen LogP contribution in [0.5, 0.6) is 11.5 Å². The molecule has 0 unspecified atom stereocenters. The van der Waals surface area contributed by atoms with Gasteiger partial charge in [0.2, 0.25) is 15.8 Å². The zero-order chi connectivity index (χ0) is 37.6. The molecule has 3 N–H and O–H groups in total. The lowest BCUT2D eigenvalue weighted by Crippen LogP contribution is -2.70. The van der Waals surface area contributed by atoms with E-state index in [0.717, 1.165) is 36.8 Å². The molecule has 1 fully saturated rings. The Hall–Kier alpha value is -3.81. The number of aromatic hydroxyl groups is 1. The lowest BCUT2D eigenvalue weighted by Gasteiger charge is -2.59. The van der Waals surface area contributed by atoms with Crippen LogP contribution in [0.25, 0.3) is 10.9 Å². The van der Waals surface area contributed by atoms with Crippen LogP contribution in [0.4, 0.5) is 0 Å². The smallest absolute Gasteiger partial charge is 0.245 e. The van der Waals surface area contributed by atoms with E-state index in [-0.39, 0.29) is 61.2 Å². The Bertz CT molecular complexity index is 1910. The minimum Gasteiger partial charge on any atom is -0.508 e. The minimum absolute atomic E-state index is 0.00995. The maximum atomic E-state index is 15.2. The highest BCUT2D eigenvalue weighted by Gasteiger charge is 2.66. The van der Waals surface area contributed by atoms with E-state index >= 15 is 8.42 Å². The second-order valence-corrected chi connectivity index (χ2v) is 16.0. The quantitative estimate of drug-likeness (QED) is 0.0734. The fraction of sp³-hybridized carbons (Fsp3) is 0.512. The van der Waals surface area contributed by atoms with Crippen molar-refractivity contribution in [2.75, 3.05) is 33.0 Å². The van der Waals surface area contributed by atoms with Crippen molar-refractivity contribution in [3.05, 3.63) is 84.6 Å². The number of aliphatic hydroxyl groups is 2. The van der Waals surface area contributed by atoms with Crippen LogP contribution >= 0.6 is 0 Å². The molecular formula is C41H53N3O8S. The molecule has 11 nitrogen and oxygen atoms in total. The van der Waals surface area contributed by atoms with E-state index in [2.05, 4.69) is 22.8 Å². The van der Waals surface area contributed by atoms with Crippen molar-refractivity contribution in [2.24, 2.45) is 22.9 Å². The largest absolute Gasteiger partial charge is 0.508 e. The number of unbranched alkanes of at least 4 members (excludes halogenated alkanes) is 2. The van der Waals surface area contributed by atoms with E-state index in [9.17, 15) is 15.3 Å². The number of nitrogens with zero attached hydrogens (tertiary/aromatic N) is 3. The molecule has 0 bridgehead atoms. The fourth-order valence-electron chi connectivity index (χ4n) is 8.85. The fourth-order valence-corrected chi connectivity index (χ4v) is 10.7. The van der Waals surface area contributed by atoms with Crippen molar-refractivity contribution in [3.63, 3.8) is 0 Å². The molecule has 3 aromatic rings. The standard InChI is InChI=1S/C41H53N3O8S/c1-4-21-44(53(48,49)36-17-11-14-28-15-12-20-42-40(28)36)37-27-34(43-51-6-3)32-25-29(13-7-9-22-45)31(16-8-10-23-46)38-33-26-30(47)18-19-35(33)52-41(37,39(32)38)50-24-5-2/h5,11-12,14-15,17-20,25-26,29,31,37-39,45-47H,2,4,6-10,13,16,21-24,27H2,1,3H3/t29-,31+,37-,38+,39+,41+/m0/s1. The molecule has 1 saturated carbocycles. The highest BCUT2D eigenvalue weighted by atomic mass is 32.2. The zero-order valence-electron chi connectivity index (χ0n) is 30.8. The summed E-state index contributed by atoms with van der Waals surface area (Å²) in [5.74, 6) is -1.68. The molecule has 1 aromatic heterocycles. The molecule has 0 amide bonds. The van der Waals surface area contributed by atoms with E-state index in [0.29, 0.717) is 48.2 Å². The predicted octanol–water partition coefficient (Wildman–Crippen LogP) is 6.69. The number of phenolic OH excluding ortho intramolecular Hbond substituents is 1. The normalized spacial score (nSPS) is 25.8. The van der Waals surface area contributed by atoms with Crippen LogP contribution in [0.15, 0.2) is 89.1 Å². The number of phenols is 1. The van der Waals surface area contributed by atoms with E-state index < -0.39 is 27.8 Å². The Morgan fingerprint density at radius 3 is 2.58 bits per heavy atom. The zero-order valence-corrected chi connectivity index (χ0v) is 31.6. The molecule has 0 saturated heterocycles. The molecule has 53 heavy (non-hydrogen) atoms. The summed E-state index contributed by atoms with van der Waals surface area (Å²) in [6.07, 6.45) is 10.6. The summed E-state index contributed by atoms with van der Waals surface area (Å²) in [4.78, 5) is 10.4. The Labute approximate surface area is 313 Å². The molecule has 2 aromatic carbocycles. The number of sulfonamides is 1. The first-order chi connectivity index (χ1) is 25.7. The summed E-state index contributed by atoms with van der Waals surface area (Å²) in [5, 5.41) is 35.8. The number of hydrogen-bond acceptors (Lipinski definition) is 10. The molecule has 2 aliphatic carbocycles. The number of benzene rings is 2. The van der Waals surface area contributed by atoms with Gasteiger partial charge < -0.3 is 29.6 Å². The molecule has 6 atom stereocenters. The van der Waals surface area contributed by atoms with Gasteiger partial charge in [0.15, 0.2) is 0 Å². The second kappa shape index (κ2) is 17.1. The Morgan fingerprint density at radius 1 is 1.08 bits per heavy atom. The SMILES string of the molecule is C=CCO[C@@]12Oc3ccc(O)cc3[C@H]3[C@H](CCCCO)[C@@H](CCCCO)C=C(C(=NOCC)C[C@@H]1N(CCC)S(=O)(=O)c1cccc4cccnc14)[C@H]32. The van der Waals surface area contributed by atoms with Crippen molar-refractivity contribution < 1.29 is 38.0 Å². The number of aromatic nitrogens is 1. The van der Waals surface area contributed by atoms with Crippen LogP contribution in [0, 0.1) is 17.8 Å². The average Bonchev–Trinajstić information content (AvgIpc) is 3.16. The molecule has 2 heterocycles. The third-order valence-corrected chi connectivity index (χ3v) is 12.9. The number of ether oxygens (including phenoxy) is 2. The number of hydrogen-bond donors (Lipinski definition) is 3. The highest BCUT2D eigenvalue weighted by Crippen LogP contribution is 2.62. The number of rotatable bonds is 18. The third-order valence-electron chi connectivity index (χ3n) is 10.9. The Kier molecular flexibility index (Phi) is 12.6. The van der Waals surface area contributed by atoms with Gasteiger partial charge in [-0.3, -0.25) is 4.98 Å². The predicted molar refractivity (Wildman–Crippen MR) is 204 cm³/mol. The van der Waals surface area contributed by atoms with Gasteiger partial charge in [0, 0.05) is 49.2 Å². The van der Waals surface area contributed by atoms with Gasteiger partial charge in [-0.05, 0) is 86.8 Å². The van der Waals surface area contributed by atoms with E-state index in [1.165, 1.54) is 4.31 Å². The summed E-state index contributed by atoms with van der Waals surface area (Å²) < 4.78 is 46.0. The molecular weight excluding hydrogens is 695 g/mol. The molecule has 6 rings (SSSR count). The van der Waals surface area contributed by atoms with Gasteiger partial charge >= 0.3 is 0 Å². The van der Waals surface area contributed by atoms with Crippen LogP contribution in [0.1, 0.15) is 76.7 Å². The van der Waals surface area contributed by atoms with Crippen LogP contribution in [-0.2, 0) is 19.6 Å². The molecule has 12 heteroatoms. The summed E-state index contributed by atoms with van der Waals surface area (Å²) in [6, 6.07) is 13.0. The first-order valence-electron chi connectivity index (χ1n) is 19.0. The van der Waals surface area contributed by atoms with Crippen LogP contribution in [0.3, 0.4) is 0 Å². The molecule has 0 radical (unpaired) electrons. The Balaban J connectivity index is 1.63. The van der Waals surface area contributed by atoms with Gasteiger partial charge in [-0.1, -0.05) is 55.3 Å². The van der Waals surface area contributed by atoms with Crippen molar-refractivity contribution in [1.82, 2.24) is 9.29 Å². The molecule has 3 aliphatic rings. The van der Waals surface area contributed by atoms with Crippen LogP contribution < -0.4 is 4.74 Å². The van der Waals surface area contributed by atoms with Gasteiger partial charge in [0.1, 0.15) is 23.0 Å². The lowest BCUT2D eigenvalue weighted by atomic mass is 9.55. The Morgan fingerprint density at radius 2 is 1.85 bits per heavy atom. The van der Waals surface area contributed by atoms with Crippen molar-refractivity contribution in [1.29, 1.82) is 0 Å². The minimum atomic E-state index is -4.23.